The predicted octanol–water partition coefficient (Wildman–Crippen LogP) is 3.16. The van der Waals surface area contributed by atoms with Crippen LogP contribution in [0.25, 0.3) is 0 Å². The van der Waals surface area contributed by atoms with Crippen molar-refractivity contribution in [3.8, 4) is 12.3 Å². The molecule has 1 saturated carbocycles. The monoisotopic (exact) mass is 317 g/mol. The lowest BCUT2D eigenvalue weighted by atomic mass is 9.86. The first-order valence-electron chi connectivity index (χ1n) is 8.05. The Morgan fingerprint density at radius 3 is 2.50 bits per heavy atom. The highest BCUT2D eigenvalue weighted by Gasteiger charge is 2.43. The number of benzene rings is 1. The molecular formula is C21H19NO2. The number of terminal acetylenes is 1. The predicted molar refractivity (Wildman–Crippen MR) is 92.7 cm³/mol. The molecule has 0 radical (unpaired) electrons. The van der Waals surface area contributed by atoms with E-state index < -0.39 is 5.92 Å². The van der Waals surface area contributed by atoms with Gasteiger partial charge in [-0.25, -0.2) is 0 Å². The number of pyridine rings is 1. The Kier molecular flexibility index (Phi) is 4.31. The van der Waals surface area contributed by atoms with Crippen molar-refractivity contribution < 1.29 is 9.59 Å². The minimum absolute atomic E-state index is 0.000545. The van der Waals surface area contributed by atoms with Crippen molar-refractivity contribution in [2.24, 2.45) is 5.92 Å². The molecule has 3 heteroatoms. The topological polar surface area (TPSA) is 47.0 Å². The highest BCUT2D eigenvalue weighted by molar-refractivity contribution is 6.15. The van der Waals surface area contributed by atoms with Crippen molar-refractivity contribution in [2.75, 3.05) is 0 Å². The van der Waals surface area contributed by atoms with E-state index in [0.29, 0.717) is 6.42 Å². The van der Waals surface area contributed by atoms with Gasteiger partial charge in [0.15, 0.2) is 5.78 Å². The van der Waals surface area contributed by atoms with E-state index >= 15 is 0 Å². The first-order chi connectivity index (χ1) is 11.5. The van der Waals surface area contributed by atoms with Crippen molar-refractivity contribution in [2.45, 2.75) is 32.6 Å². The van der Waals surface area contributed by atoms with Gasteiger partial charge in [0.25, 0.3) is 0 Å². The van der Waals surface area contributed by atoms with Crippen molar-refractivity contribution in [1.29, 1.82) is 0 Å². The Bertz CT molecular complexity index is 823. The van der Waals surface area contributed by atoms with Crippen molar-refractivity contribution in [1.82, 2.24) is 4.98 Å². The van der Waals surface area contributed by atoms with Gasteiger partial charge in [0.2, 0.25) is 0 Å². The Balaban J connectivity index is 1.92. The fraction of sp³-hybridized carbons (Fsp3) is 0.286. The average molecular weight is 317 g/mol. The molecular weight excluding hydrogens is 298 g/mol. The van der Waals surface area contributed by atoms with E-state index in [0.717, 1.165) is 27.9 Å². The van der Waals surface area contributed by atoms with Gasteiger partial charge in [-0.05, 0) is 61.2 Å². The molecule has 3 rings (SSSR count). The van der Waals surface area contributed by atoms with Crippen LogP contribution < -0.4 is 0 Å². The molecule has 1 fully saturated rings. The standard InChI is InChI=1S/C21H19NO2/c1-4-15-9-13(2)19(14(3)10-15)20-18(23)12-16(21(20)24)11-17-7-5-6-8-22-17/h1,5-10,16,20H,11-12H2,2-3H3. The number of ketones is 2. The SMILES string of the molecule is C#Cc1cc(C)c(C2C(=O)CC(Cc3ccccn3)C2=O)c(C)c1. The number of carbonyl (C=O) groups excluding carboxylic acids is 2. The molecule has 2 aromatic rings. The molecule has 3 nitrogen and oxygen atoms in total. The first kappa shape index (κ1) is 16.1. The second kappa shape index (κ2) is 6.41. The van der Waals surface area contributed by atoms with Crippen molar-refractivity contribution >= 4 is 11.6 Å². The zero-order chi connectivity index (χ0) is 17.3. The number of aromatic nitrogens is 1. The molecule has 0 amide bonds. The van der Waals surface area contributed by atoms with Crippen LogP contribution in [0.3, 0.4) is 0 Å². The number of rotatable bonds is 3. The average Bonchev–Trinajstić information content (AvgIpc) is 2.83. The van der Waals surface area contributed by atoms with Crippen LogP contribution in [0.2, 0.25) is 0 Å². The van der Waals surface area contributed by atoms with E-state index in [1.807, 2.05) is 44.2 Å². The molecule has 2 unspecified atom stereocenters. The Hall–Kier alpha value is -2.73. The van der Waals surface area contributed by atoms with E-state index in [1.165, 1.54) is 0 Å². The van der Waals surface area contributed by atoms with Crippen molar-refractivity contribution in [3.63, 3.8) is 0 Å². The molecule has 0 bridgehead atoms. The quantitative estimate of drug-likeness (QED) is 0.645. The minimum Gasteiger partial charge on any atom is -0.298 e. The number of aryl methyl sites for hydroxylation is 2. The molecule has 24 heavy (non-hydrogen) atoms. The normalized spacial score (nSPS) is 20.2. The smallest absolute Gasteiger partial charge is 0.151 e. The van der Waals surface area contributed by atoms with Crippen LogP contribution in [0.1, 0.15) is 40.3 Å². The van der Waals surface area contributed by atoms with Crippen LogP contribution >= 0.6 is 0 Å². The molecule has 0 aliphatic heterocycles. The van der Waals surface area contributed by atoms with Gasteiger partial charge in [-0.2, -0.15) is 0 Å². The summed E-state index contributed by atoms with van der Waals surface area (Å²) in [4.78, 5) is 29.7. The Morgan fingerprint density at radius 1 is 1.21 bits per heavy atom. The van der Waals surface area contributed by atoms with Crippen LogP contribution in [0.4, 0.5) is 0 Å². The number of nitrogens with zero attached hydrogens (tertiary/aromatic N) is 1. The third-order valence-electron chi connectivity index (χ3n) is 4.69. The summed E-state index contributed by atoms with van der Waals surface area (Å²) in [7, 11) is 0. The second-order valence-corrected chi connectivity index (χ2v) is 6.40. The van der Waals surface area contributed by atoms with Gasteiger partial charge in [0.05, 0.1) is 0 Å². The molecule has 120 valence electrons. The molecule has 0 spiro atoms. The van der Waals surface area contributed by atoms with Gasteiger partial charge >= 0.3 is 0 Å². The lowest BCUT2D eigenvalue weighted by molar-refractivity contribution is -0.124. The van der Waals surface area contributed by atoms with Crippen LogP contribution in [-0.4, -0.2) is 16.6 Å². The summed E-state index contributed by atoms with van der Waals surface area (Å²) in [6.45, 7) is 3.83. The summed E-state index contributed by atoms with van der Waals surface area (Å²) in [6, 6.07) is 9.37. The summed E-state index contributed by atoms with van der Waals surface area (Å²) in [5.41, 5.74) is 4.27. The summed E-state index contributed by atoms with van der Waals surface area (Å²) in [6.07, 6.45) is 7.98. The Labute approximate surface area is 142 Å². The maximum Gasteiger partial charge on any atom is 0.151 e. The minimum atomic E-state index is -0.662. The maximum absolute atomic E-state index is 12.9. The summed E-state index contributed by atoms with van der Waals surface area (Å²) < 4.78 is 0. The highest BCUT2D eigenvalue weighted by Crippen LogP contribution is 2.37. The summed E-state index contributed by atoms with van der Waals surface area (Å²) in [5.74, 6) is 1.67. The molecule has 1 aliphatic carbocycles. The fourth-order valence-electron chi connectivity index (χ4n) is 3.62. The summed E-state index contributed by atoms with van der Waals surface area (Å²) >= 11 is 0. The largest absolute Gasteiger partial charge is 0.298 e. The molecule has 0 saturated heterocycles. The van der Waals surface area contributed by atoms with E-state index in [1.54, 1.807) is 6.20 Å². The van der Waals surface area contributed by atoms with E-state index in [-0.39, 0.29) is 23.9 Å². The number of carbonyl (C=O) groups is 2. The second-order valence-electron chi connectivity index (χ2n) is 6.40. The molecule has 2 atom stereocenters. The molecule has 1 heterocycles. The lowest BCUT2D eigenvalue weighted by Gasteiger charge is -2.16. The third kappa shape index (κ3) is 2.88. The number of hydrogen-bond acceptors (Lipinski definition) is 3. The molecule has 1 aliphatic rings. The van der Waals surface area contributed by atoms with E-state index in [2.05, 4.69) is 10.9 Å². The summed E-state index contributed by atoms with van der Waals surface area (Å²) in [5, 5.41) is 0. The molecule has 1 aromatic heterocycles. The van der Waals surface area contributed by atoms with Crippen molar-refractivity contribution in [3.05, 3.63) is 64.5 Å². The maximum atomic E-state index is 12.9. The van der Waals surface area contributed by atoms with Crippen LogP contribution in [0.5, 0.6) is 0 Å². The third-order valence-corrected chi connectivity index (χ3v) is 4.69. The molecule has 1 aromatic carbocycles. The fourth-order valence-corrected chi connectivity index (χ4v) is 3.62. The number of Topliss-reactive ketones (excluding diaryl/α,β-unsaturated/α-hetero) is 2. The van der Waals surface area contributed by atoms with Crippen LogP contribution in [0, 0.1) is 32.1 Å². The van der Waals surface area contributed by atoms with Gasteiger partial charge in [-0.1, -0.05) is 12.0 Å². The lowest BCUT2D eigenvalue weighted by Crippen LogP contribution is -2.19. The van der Waals surface area contributed by atoms with E-state index in [4.69, 9.17) is 6.42 Å². The van der Waals surface area contributed by atoms with Crippen LogP contribution in [0.15, 0.2) is 36.5 Å². The number of hydrogen-bond donors (Lipinski definition) is 0. The Morgan fingerprint density at radius 2 is 1.92 bits per heavy atom. The zero-order valence-electron chi connectivity index (χ0n) is 13.9. The van der Waals surface area contributed by atoms with Gasteiger partial charge in [0.1, 0.15) is 11.7 Å². The van der Waals surface area contributed by atoms with Gasteiger partial charge < -0.3 is 0 Å². The van der Waals surface area contributed by atoms with E-state index in [9.17, 15) is 9.59 Å². The highest BCUT2D eigenvalue weighted by atomic mass is 16.2. The van der Waals surface area contributed by atoms with Crippen LogP contribution in [-0.2, 0) is 16.0 Å². The molecule has 0 N–H and O–H groups in total. The zero-order valence-corrected chi connectivity index (χ0v) is 13.9. The first-order valence-corrected chi connectivity index (χ1v) is 8.05. The van der Waals surface area contributed by atoms with Gasteiger partial charge in [-0.15, -0.1) is 6.42 Å². The van der Waals surface area contributed by atoms with Gasteiger partial charge in [0, 0.05) is 29.8 Å². The van der Waals surface area contributed by atoms with Gasteiger partial charge in [-0.3, -0.25) is 14.6 Å².